The third-order valence-electron chi connectivity index (χ3n) is 5.41. The fraction of sp³-hybridized carbons (Fsp3) is 0.304. The normalized spacial score (nSPS) is 16.5. The minimum Gasteiger partial charge on any atom is -0.351 e. The van der Waals surface area contributed by atoms with Gasteiger partial charge in [0.25, 0.3) is 0 Å². The van der Waals surface area contributed by atoms with E-state index >= 15 is 0 Å². The molecular weight excluding hydrogens is 402 g/mol. The van der Waals surface area contributed by atoms with Crippen LogP contribution in [0.2, 0.25) is 5.02 Å². The highest BCUT2D eigenvalue weighted by Crippen LogP contribution is 2.31. The number of imide groups is 1. The molecule has 0 radical (unpaired) electrons. The average Bonchev–Trinajstić information content (AvgIpc) is 2.72. The van der Waals surface area contributed by atoms with Gasteiger partial charge in [-0.3, -0.25) is 19.7 Å². The van der Waals surface area contributed by atoms with Gasteiger partial charge in [0.05, 0.1) is 23.0 Å². The van der Waals surface area contributed by atoms with Crippen LogP contribution in [0.5, 0.6) is 0 Å². The molecule has 1 atom stereocenters. The Morgan fingerprint density at radius 3 is 2.70 bits per heavy atom. The number of rotatable bonds is 5. The van der Waals surface area contributed by atoms with Gasteiger partial charge in [0, 0.05) is 18.0 Å². The van der Waals surface area contributed by atoms with Gasteiger partial charge >= 0.3 is 0 Å². The number of carbonyl (C=O) groups is 3. The number of nitrogens with zero attached hydrogens (tertiary/aromatic N) is 1. The van der Waals surface area contributed by atoms with Gasteiger partial charge < -0.3 is 5.32 Å². The Bertz CT molecular complexity index is 1060. The number of carbonyl (C=O) groups excluding carboxylic acids is 3. The van der Waals surface area contributed by atoms with Crippen molar-refractivity contribution in [3.63, 3.8) is 0 Å². The monoisotopic (exact) mass is 423 g/mol. The second-order valence-electron chi connectivity index (χ2n) is 7.86. The highest BCUT2D eigenvalue weighted by Gasteiger charge is 2.31. The van der Waals surface area contributed by atoms with Gasteiger partial charge in [-0.2, -0.15) is 5.26 Å². The Morgan fingerprint density at radius 1 is 1.27 bits per heavy atom. The van der Waals surface area contributed by atoms with Crippen LogP contribution in [-0.4, -0.2) is 17.7 Å². The predicted molar refractivity (Wildman–Crippen MR) is 113 cm³/mol. The molecule has 0 spiro atoms. The zero-order valence-electron chi connectivity index (χ0n) is 16.8. The molecule has 1 fully saturated rings. The van der Waals surface area contributed by atoms with Crippen LogP contribution in [-0.2, 0) is 26.3 Å². The van der Waals surface area contributed by atoms with Crippen LogP contribution in [0.3, 0.4) is 0 Å². The summed E-state index contributed by atoms with van der Waals surface area (Å²) in [5.74, 6) is -1.24. The minimum absolute atomic E-state index is 0.178. The standard InChI is InChI=1S/C23H22ClN3O3/c1-23(2,16-5-3-4-14(10-16)12-25)22(30)26-13-15-6-7-17(19(24)11-15)18-8-9-20(28)27-21(18)29/h3-7,10-11,18H,8-9,13H2,1-2H3,(H,26,30)(H,27,28,29). The smallest absolute Gasteiger partial charge is 0.234 e. The summed E-state index contributed by atoms with van der Waals surface area (Å²) >= 11 is 6.39. The van der Waals surface area contributed by atoms with Crippen molar-refractivity contribution in [1.82, 2.24) is 10.6 Å². The number of hydrogen-bond acceptors (Lipinski definition) is 4. The van der Waals surface area contributed by atoms with Gasteiger partial charge in [-0.05, 0) is 55.2 Å². The van der Waals surface area contributed by atoms with Crippen molar-refractivity contribution in [3.05, 3.63) is 69.7 Å². The molecule has 1 heterocycles. The van der Waals surface area contributed by atoms with Gasteiger partial charge in [-0.1, -0.05) is 35.9 Å². The van der Waals surface area contributed by atoms with E-state index in [1.54, 1.807) is 44.2 Å². The molecule has 154 valence electrons. The Balaban J connectivity index is 1.69. The van der Waals surface area contributed by atoms with Crippen LogP contribution in [0.1, 0.15) is 54.9 Å². The summed E-state index contributed by atoms with van der Waals surface area (Å²) in [5.41, 5.74) is 1.91. The van der Waals surface area contributed by atoms with Crippen molar-refractivity contribution in [3.8, 4) is 6.07 Å². The average molecular weight is 424 g/mol. The summed E-state index contributed by atoms with van der Waals surface area (Å²) in [7, 11) is 0. The summed E-state index contributed by atoms with van der Waals surface area (Å²) in [6, 6.07) is 14.4. The Morgan fingerprint density at radius 2 is 2.03 bits per heavy atom. The molecule has 2 aromatic carbocycles. The van der Waals surface area contributed by atoms with E-state index in [1.165, 1.54) is 0 Å². The van der Waals surface area contributed by atoms with Crippen molar-refractivity contribution in [1.29, 1.82) is 5.26 Å². The summed E-state index contributed by atoms with van der Waals surface area (Å²) in [5, 5.41) is 14.8. The van der Waals surface area contributed by atoms with E-state index in [0.717, 1.165) is 11.1 Å². The number of piperidine rings is 1. The Kier molecular flexibility index (Phi) is 6.23. The third-order valence-corrected chi connectivity index (χ3v) is 5.74. The Hall–Kier alpha value is -3.17. The lowest BCUT2D eigenvalue weighted by molar-refractivity contribution is -0.134. The van der Waals surface area contributed by atoms with Gasteiger partial charge in [0.15, 0.2) is 0 Å². The first-order valence-corrected chi connectivity index (χ1v) is 10.0. The molecule has 1 saturated heterocycles. The lowest BCUT2D eigenvalue weighted by atomic mass is 9.83. The first-order valence-electron chi connectivity index (χ1n) is 9.63. The van der Waals surface area contributed by atoms with Crippen LogP contribution in [0, 0.1) is 11.3 Å². The molecule has 3 rings (SSSR count). The fourth-order valence-corrected chi connectivity index (χ4v) is 3.80. The molecule has 0 aromatic heterocycles. The van der Waals surface area contributed by atoms with E-state index in [9.17, 15) is 14.4 Å². The van der Waals surface area contributed by atoms with E-state index in [-0.39, 0.29) is 30.7 Å². The summed E-state index contributed by atoms with van der Waals surface area (Å²) < 4.78 is 0. The summed E-state index contributed by atoms with van der Waals surface area (Å²) in [6.45, 7) is 3.88. The van der Waals surface area contributed by atoms with Gasteiger partial charge in [0.2, 0.25) is 17.7 Å². The fourth-order valence-electron chi connectivity index (χ4n) is 3.47. The van der Waals surface area contributed by atoms with E-state index in [4.69, 9.17) is 16.9 Å². The van der Waals surface area contributed by atoms with Gasteiger partial charge in [-0.15, -0.1) is 0 Å². The lowest BCUT2D eigenvalue weighted by Crippen LogP contribution is -2.40. The first-order chi connectivity index (χ1) is 14.2. The summed E-state index contributed by atoms with van der Waals surface area (Å²) in [4.78, 5) is 36.2. The molecule has 0 aliphatic carbocycles. The van der Waals surface area contributed by atoms with E-state index in [2.05, 4.69) is 16.7 Å². The van der Waals surface area contributed by atoms with Gasteiger partial charge in [-0.25, -0.2) is 0 Å². The third kappa shape index (κ3) is 4.52. The maximum Gasteiger partial charge on any atom is 0.234 e. The van der Waals surface area contributed by atoms with Crippen LogP contribution < -0.4 is 10.6 Å². The predicted octanol–water partition coefficient (Wildman–Crippen LogP) is 3.33. The quantitative estimate of drug-likeness (QED) is 0.720. The van der Waals surface area contributed by atoms with E-state index in [0.29, 0.717) is 22.6 Å². The molecule has 30 heavy (non-hydrogen) atoms. The molecule has 1 aliphatic heterocycles. The second-order valence-corrected chi connectivity index (χ2v) is 8.27. The number of benzene rings is 2. The molecular formula is C23H22ClN3O3. The van der Waals surface area contributed by atoms with Crippen molar-refractivity contribution >= 4 is 29.3 Å². The maximum absolute atomic E-state index is 12.8. The zero-order valence-corrected chi connectivity index (χ0v) is 17.5. The van der Waals surface area contributed by atoms with Crippen LogP contribution >= 0.6 is 11.6 Å². The second kappa shape index (κ2) is 8.68. The first kappa shape index (κ1) is 21.5. The lowest BCUT2D eigenvalue weighted by Gasteiger charge is -2.25. The highest BCUT2D eigenvalue weighted by molar-refractivity contribution is 6.31. The molecule has 2 aromatic rings. The SMILES string of the molecule is CC(C)(C(=O)NCc1ccc(C2CCC(=O)NC2=O)c(Cl)c1)c1cccc(C#N)c1. The van der Waals surface area contributed by atoms with Crippen LogP contribution in [0.15, 0.2) is 42.5 Å². The number of halogens is 1. The number of nitrogens with one attached hydrogen (secondary N) is 2. The molecule has 1 unspecified atom stereocenters. The number of hydrogen-bond donors (Lipinski definition) is 2. The van der Waals surface area contributed by atoms with Crippen molar-refractivity contribution < 1.29 is 14.4 Å². The molecule has 2 N–H and O–H groups in total. The largest absolute Gasteiger partial charge is 0.351 e. The van der Waals surface area contributed by atoms with Crippen molar-refractivity contribution in [2.24, 2.45) is 0 Å². The number of nitriles is 1. The molecule has 6 nitrogen and oxygen atoms in total. The molecule has 1 aliphatic rings. The Labute approximate surface area is 180 Å². The number of amides is 3. The highest BCUT2D eigenvalue weighted by atomic mass is 35.5. The zero-order chi connectivity index (χ0) is 21.9. The minimum atomic E-state index is -0.816. The van der Waals surface area contributed by atoms with E-state index in [1.807, 2.05) is 12.1 Å². The molecule has 0 saturated carbocycles. The van der Waals surface area contributed by atoms with Gasteiger partial charge in [0.1, 0.15) is 0 Å². The topological polar surface area (TPSA) is 99.1 Å². The van der Waals surface area contributed by atoms with Crippen LogP contribution in [0.25, 0.3) is 0 Å². The molecule has 7 heteroatoms. The molecule has 0 bridgehead atoms. The van der Waals surface area contributed by atoms with E-state index < -0.39 is 11.3 Å². The maximum atomic E-state index is 12.8. The molecule has 3 amide bonds. The van der Waals surface area contributed by atoms with Crippen molar-refractivity contribution in [2.75, 3.05) is 0 Å². The van der Waals surface area contributed by atoms with Crippen molar-refractivity contribution in [2.45, 2.75) is 44.6 Å². The summed E-state index contributed by atoms with van der Waals surface area (Å²) in [6.07, 6.45) is 0.711. The van der Waals surface area contributed by atoms with Crippen LogP contribution in [0.4, 0.5) is 0 Å².